The molecule has 2 nitrogen and oxygen atoms in total. The topological polar surface area (TPSA) is 40.5 Å². The molecule has 0 spiro atoms. The van der Waals surface area contributed by atoms with Gasteiger partial charge in [0.2, 0.25) is 0 Å². The average Bonchev–Trinajstić information content (AvgIpc) is 2.01. The van der Waals surface area contributed by atoms with Crippen molar-refractivity contribution < 1.29 is 10.2 Å². The number of allylic oxidation sites excluding steroid dienone is 1. The minimum atomic E-state index is -0.656. The molecule has 0 aromatic rings. The van der Waals surface area contributed by atoms with Gasteiger partial charge in [-0.2, -0.15) is 0 Å². The summed E-state index contributed by atoms with van der Waals surface area (Å²) in [5.74, 6) is 2.23. The van der Waals surface area contributed by atoms with E-state index in [1.165, 1.54) is 0 Å². The van der Waals surface area contributed by atoms with E-state index < -0.39 is 6.10 Å². The van der Waals surface area contributed by atoms with Gasteiger partial charge >= 0.3 is 0 Å². The van der Waals surface area contributed by atoms with Gasteiger partial charge in [-0.25, -0.2) is 0 Å². The van der Waals surface area contributed by atoms with Gasteiger partial charge in [0.05, 0.1) is 6.61 Å². The molecular formula is C9H14O2. The maximum atomic E-state index is 8.95. The zero-order valence-electron chi connectivity index (χ0n) is 6.75. The van der Waals surface area contributed by atoms with Crippen molar-refractivity contribution >= 4 is 0 Å². The molecule has 11 heavy (non-hydrogen) atoms. The highest BCUT2D eigenvalue weighted by Crippen LogP contribution is 2.05. The lowest BCUT2D eigenvalue weighted by Crippen LogP contribution is -2.01. The lowest BCUT2D eigenvalue weighted by molar-refractivity contribution is 0.222. The summed E-state index contributed by atoms with van der Waals surface area (Å²) in [7, 11) is 0. The normalized spacial score (nSPS) is 14.2. The molecular weight excluding hydrogens is 140 g/mol. The monoisotopic (exact) mass is 154 g/mol. The zero-order chi connectivity index (χ0) is 8.69. The Morgan fingerprint density at radius 3 is 2.82 bits per heavy atom. The first-order valence-electron chi connectivity index (χ1n) is 3.61. The van der Waals surface area contributed by atoms with Crippen molar-refractivity contribution in [1.29, 1.82) is 0 Å². The second kappa shape index (κ2) is 5.96. The van der Waals surface area contributed by atoms with Gasteiger partial charge in [-0.05, 0) is 19.8 Å². The summed E-state index contributed by atoms with van der Waals surface area (Å²) in [4.78, 5) is 0. The average molecular weight is 154 g/mol. The maximum Gasteiger partial charge on any atom is 0.114 e. The largest absolute Gasteiger partial charge is 0.392 e. The molecule has 0 aromatic carbocycles. The standard InChI is InChI=1S/C9H14O2/c1-3-9(11)5-4-8(2)6-7-10/h1,6,9-11H,4-5,7H2,2H3/b8-6+/t9-/m0/s1. The Labute approximate surface area is 67.6 Å². The van der Waals surface area contributed by atoms with Crippen LogP contribution in [0.2, 0.25) is 0 Å². The van der Waals surface area contributed by atoms with E-state index in [1.807, 2.05) is 6.92 Å². The molecule has 0 aliphatic heterocycles. The van der Waals surface area contributed by atoms with Crippen molar-refractivity contribution in [2.45, 2.75) is 25.9 Å². The molecule has 0 saturated carbocycles. The lowest BCUT2D eigenvalue weighted by Gasteiger charge is -2.02. The highest BCUT2D eigenvalue weighted by atomic mass is 16.3. The first-order chi connectivity index (χ1) is 5.20. The fourth-order valence-corrected chi connectivity index (χ4v) is 0.706. The molecule has 0 radical (unpaired) electrons. The molecule has 0 bridgehead atoms. The molecule has 0 rings (SSSR count). The maximum absolute atomic E-state index is 8.95. The van der Waals surface area contributed by atoms with Crippen LogP contribution in [0.25, 0.3) is 0 Å². The van der Waals surface area contributed by atoms with Crippen LogP contribution in [-0.4, -0.2) is 22.9 Å². The van der Waals surface area contributed by atoms with Crippen molar-refractivity contribution in [1.82, 2.24) is 0 Å². The van der Waals surface area contributed by atoms with Gasteiger partial charge in [0, 0.05) is 0 Å². The van der Waals surface area contributed by atoms with Crippen LogP contribution in [0.3, 0.4) is 0 Å². The van der Waals surface area contributed by atoms with E-state index in [0.29, 0.717) is 6.42 Å². The smallest absolute Gasteiger partial charge is 0.114 e. The highest BCUT2D eigenvalue weighted by molar-refractivity contribution is 5.01. The van der Waals surface area contributed by atoms with E-state index in [9.17, 15) is 0 Å². The van der Waals surface area contributed by atoms with Crippen molar-refractivity contribution in [3.05, 3.63) is 11.6 Å². The molecule has 0 aliphatic carbocycles. The Hall–Kier alpha value is -0.780. The van der Waals surface area contributed by atoms with Crippen LogP contribution >= 0.6 is 0 Å². The van der Waals surface area contributed by atoms with Crippen LogP contribution in [0.4, 0.5) is 0 Å². The summed E-state index contributed by atoms with van der Waals surface area (Å²) in [6, 6.07) is 0. The highest BCUT2D eigenvalue weighted by Gasteiger charge is 1.97. The molecule has 62 valence electrons. The van der Waals surface area contributed by atoms with Gasteiger partial charge in [-0.3, -0.25) is 0 Å². The van der Waals surface area contributed by atoms with Crippen LogP contribution in [0.1, 0.15) is 19.8 Å². The van der Waals surface area contributed by atoms with Crippen molar-refractivity contribution in [2.75, 3.05) is 6.61 Å². The summed E-state index contributed by atoms with van der Waals surface area (Å²) in [6.45, 7) is 1.96. The van der Waals surface area contributed by atoms with E-state index in [0.717, 1.165) is 12.0 Å². The van der Waals surface area contributed by atoms with E-state index in [-0.39, 0.29) is 6.61 Å². The van der Waals surface area contributed by atoms with Gasteiger partial charge in [0.15, 0.2) is 0 Å². The van der Waals surface area contributed by atoms with Crippen molar-refractivity contribution in [2.24, 2.45) is 0 Å². The molecule has 0 heterocycles. The molecule has 2 N–H and O–H groups in total. The third-order valence-electron chi connectivity index (χ3n) is 1.44. The minimum absolute atomic E-state index is 0.0536. The van der Waals surface area contributed by atoms with Crippen LogP contribution < -0.4 is 0 Å². The fraction of sp³-hybridized carbons (Fsp3) is 0.556. The number of aliphatic hydroxyl groups excluding tert-OH is 2. The number of hydrogen-bond acceptors (Lipinski definition) is 2. The molecule has 0 unspecified atom stereocenters. The number of aliphatic hydroxyl groups is 2. The molecule has 1 atom stereocenters. The first-order valence-corrected chi connectivity index (χ1v) is 3.61. The van der Waals surface area contributed by atoms with Gasteiger partial charge in [0.25, 0.3) is 0 Å². The predicted octanol–water partition coefficient (Wildman–Crippen LogP) is 0.699. The number of terminal acetylenes is 1. The van der Waals surface area contributed by atoms with Gasteiger partial charge in [-0.15, -0.1) is 6.42 Å². The molecule has 0 aromatic heterocycles. The molecule has 0 amide bonds. The summed E-state index contributed by atoms with van der Waals surface area (Å²) in [5, 5.41) is 17.4. The van der Waals surface area contributed by atoms with E-state index in [2.05, 4.69) is 5.92 Å². The molecule has 0 fully saturated rings. The summed E-state index contributed by atoms with van der Waals surface area (Å²) >= 11 is 0. The Balaban J connectivity index is 3.55. The summed E-state index contributed by atoms with van der Waals surface area (Å²) in [5.41, 5.74) is 1.06. The van der Waals surface area contributed by atoms with E-state index in [4.69, 9.17) is 16.6 Å². The third-order valence-corrected chi connectivity index (χ3v) is 1.44. The van der Waals surface area contributed by atoms with E-state index >= 15 is 0 Å². The van der Waals surface area contributed by atoms with Crippen molar-refractivity contribution in [3.63, 3.8) is 0 Å². The van der Waals surface area contributed by atoms with Gasteiger partial charge < -0.3 is 10.2 Å². The zero-order valence-corrected chi connectivity index (χ0v) is 6.75. The lowest BCUT2D eigenvalue weighted by atomic mass is 10.1. The van der Waals surface area contributed by atoms with Gasteiger partial charge in [-0.1, -0.05) is 17.6 Å². The Bertz CT molecular complexity index is 165. The Morgan fingerprint density at radius 1 is 1.73 bits per heavy atom. The Kier molecular flexibility index (Phi) is 5.54. The fourth-order valence-electron chi connectivity index (χ4n) is 0.706. The van der Waals surface area contributed by atoms with Gasteiger partial charge in [0.1, 0.15) is 6.10 Å². The quantitative estimate of drug-likeness (QED) is 0.462. The summed E-state index contributed by atoms with van der Waals surface area (Å²) in [6.07, 6.45) is 7.33. The number of rotatable bonds is 4. The second-order valence-corrected chi connectivity index (χ2v) is 2.45. The summed E-state index contributed by atoms with van der Waals surface area (Å²) < 4.78 is 0. The van der Waals surface area contributed by atoms with Crippen LogP contribution in [0.15, 0.2) is 11.6 Å². The predicted molar refractivity (Wildman–Crippen MR) is 44.9 cm³/mol. The van der Waals surface area contributed by atoms with E-state index in [1.54, 1.807) is 6.08 Å². The molecule has 0 saturated heterocycles. The Morgan fingerprint density at radius 2 is 2.36 bits per heavy atom. The number of hydrogen-bond donors (Lipinski definition) is 2. The first kappa shape index (κ1) is 10.2. The second-order valence-electron chi connectivity index (χ2n) is 2.45. The van der Waals surface area contributed by atoms with Crippen LogP contribution in [-0.2, 0) is 0 Å². The minimum Gasteiger partial charge on any atom is -0.392 e. The molecule has 2 heteroatoms. The SMILES string of the molecule is C#C[C@H](O)CC/C(C)=C/CO. The van der Waals surface area contributed by atoms with Crippen LogP contribution in [0.5, 0.6) is 0 Å². The van der Waals surface area contributed by atoms with Crippen molar-refractivity contribution in [3.8, 4) is 12.3 Å². The van der Waals surface area contributed by atoms with Crippen LogP contribution in [0, 0.1) is 12.3 Å². The third kappa shape index (κ3) is 5.65. The molecule has 0 aliphatic rings.